The topological polar surface area (TPSA) is 54.9 Å². The Bertz CT molecular complexity index is 602. The predicted octanol–water partition coefficient (Wildman–Crippen LogP) is 2.32. The van der Waals surface area contributed by atoms with E-state index in [1.54, 1.807) is 6.92 Å². The molecule has 0 saturated carbocycles. The standard InChI is InChI=1S/C12H9F2N3O/c1-7-9(5-15-6-16-7)12(18)17-8-2-3-10(13)11(14)4-8/h2-6H,1H3,(H,17,18). The normalized spacial score (nSPS) is 10.2. The van der Waals surface area contributed by atoms with Crippen molar-refractivity contribution in [2.24, 2.45) is 0 Å². The molecule has 0 fully saturated rings. The molecule has 1 N–H and O–H groups in total. The SMILES string of the molecule is Cc1ncncc1C(=O)Nc1ccc(F)c(F)c1. The molecule has 2 aromatic rings. The molecule has 0 unspecified atom stereocenters. The van der Waals surface area contributed by atoms with E-state index in [4.69, 9.17) is 0 Å². The molecule has 1 aromatic heterocycles. The number of benzene rings is 1. The molecule has 0 radical (unpaired) electrons. The second kappa shape index (κ2) is 4.87. The number of carbonyl (C=O) groups excluding carboxylic acids is 1. The number of nitrogens with zero attached hydrogens (tertiary/aromatic N) is 2. The van der Waals surface area contributed by atoms with Crippen molar-refractivity contribution in [3.63, 3.8) is 0 Å². The lowest BCUT2D eigenvalue weighted by Gasteiger charge is -2.06. The summed E-state index contributed by atoms with van der Waals surface area (Å²) in [4.78, 5) is 19.4. The number of aryl methyl sites for hydroxylation is 1. The van der Waals surface area contributed by atoms with Crippen molar-refractivity contribution in [2.75, 3.05) is 5.32 Å². The molecule has 0 spiro atoms. The zero-order chi connectivity index (χ0) is 13.1. The zero-order valence-corrected chi connectivity index (χ0v) is 9.45. The molecule has 0 atom stereocenters. The largest absolute Gasteiger partial charge is 0.322 e. The first-order valence-corrected chi connectivity index (χ1v) is 5.11. The van der Waals surface area contributed by atoms with Crippen LogP contribution in [0.2, 0.25) is 0 Å². The van der Waals surface area contributed by atoms with E-state index >= 15 is 0 Å². The summed E-state index contributed by atoms with van der Waals surface area (Å²) in [5.74, 6) is -2.46. The molecule has 1 aromatic carbocycles. The van der Waals surface area contributed by atoms with Gasteiger partial charge in [0.15, 0.2) is 11.6 Å². The molecule has 0 aliphatic heterocycles. The van der Waals surface area contributed by atoms with Gasteiger partial charge in [-0.15, -0.1) is 0 Å². The molecule has 0 aliphatic carbocycles. The molecule has 1 heterocycles. The maximum Gasteiger partial charge on any atom is 0.259 e. The van der Waals surface area contributed by atoms with E-state index in [1.807, 2.05) is 0 Å². The van der Waals surface area contributed by atoms with Crippen LogP contribution in [0.3, 0.4) is 0 Å². The van der Waals surface area contributed by atoms with Crippen molar-refractivity contribution in [1.82, 2.24) is 9.97 Å². The maximum absolute atomic E-state index is 13.0. The molecule has 1 amide bonds. The zero-order valence-electron chi connectivity index (χ0n) is 9.45. The Kier molecular flexibility index (Phi) is 3.27. The van der Waals surface area contributed by atoms with Gasteiger partial charge in [-0.3, -0.25) is 4.79 Å². The molecule has 18 heavy (non-hydrogen) atoms. The van der Waals surface area contributed by atoms with Crippen LogP contribution >= 0.6 is 0 Å². The number of hydrogen-bond donors (Lipinski definition) is 1. The number of nitrogens with one attached hydrogen (secondary N) is 1. The van der Waals surface area contributed by atoms with Gasteiger partial charge in [0.05, 0.1) is 11.3 Å². The van der Waals surface area contributed by atoms with Crippen molar-refractivity contribution in [1.29, 1.82) is 0 Å². The van der Waals surface area contributed by atoms with Crippen molar-refractivity contribution in [2.45, 2.75) is 6.92 Å². The van der Waals surface area contributed by atoms with Gasteiger partial charge in [-0.1, -0.05) is 0 Å². The van der Waals surface area contributed by atoms with Gasteiger partial charge >= 0.3 is 0 Å². The first kappa shape index (κ1) is 12.1. The molecule has 0 bridgehead atoms. The van der Waals surface area contributed by atoms with Crippen LogP contribution < -0.4 is 5.32 Å². The average Bonchev–Trinajstić information content (AvgIpc) is 2.34. The van der Waals surface area contributed by atoms with E-state index in [0.29, 0.717) is 5.69 Å². The summed E-state index contributed by atoms with van der Waals surface area (Å²) in [5.41, 5.74) is 0.953. The van der Waals surface area contributed by atoms with Crippen LogP contribution in [0.5, 0.6) is 0 Å². The van der Waals surface area contributed by atoms with E-state index in [9.17, 15) is 13.6 Å². The summed E-state index contributed by atoms with van der Waals surface area (Å²) in [6.07, 6.45) is 2.68. The first-order chi connectivity index (χ1) is 8.58. The van der Waals surface area contributed by atoms with Crippen LogP contribution in [0, 0.1) is 18.6 Å². The Morgan fingerprint density at radius 3 is 2.72 bits per heavy atom. The van der Waals surface area contributed by atoms with E-state index < -0.39 is 17.5 Å². The van der Waals surface area contributed by atoms with E-state index in [1.165, 1.54) is 18.6 Å². The average molecular weight is 249 g/mol. The van der Waals surface area contributed by atoms with Gasteiger partial charge < -0.3 is 5.32 Å². The Morgan fingerprint density at radius 1 is 1.28 bits per heavy atom. The van der Waals surface area contributed by atoms with Gasteiger partial charge in [-0.2, -0.15) is 0 Å². The number of aromatic nitrogens is 2. The fourth-order valence-electron chi connectivity index (χ4n) is 1.39. The van der Waals surface area contributed by atoms with Crippen molar-refractivity contribution >= 4 is 11.6 Å². The van der Waals surface area contributed by atoms with Crippen LogP contribution in [-0.2, 0) is 0 Å². The summed E-state index contributed by atoms with van der Waals surface area (Å²) in [6.45, 7) is 1.65. The van der Waals surface area contributed by atoms with Gasteiger partial charge in [0.2, 0.25) is 0 Å². The lowest BCUT2D eigenvalue weighted by molar-refractivity contribution is 0.102. The van der Waals surface area contributed by atoms with Gasteiger partial charge in [0.1, 0.15) is 6.33 Å². The highest BCUT2D eigenvalue weighted by Crippen LogP contribution is 2.14. The van der Waals surface area contributed by atoms with Gasteiger partial charge in [0.25, 0.3) is 5.91 Å². The summed E-state index contributed by atoms with van der Waals surface area (Å²) in [6, 6.07) is 3.13. The monoisotopic (exact) mass is 249 g/mol. The van der Waals surface area contributed by atoms with E-state index in [-0.39, 0.29) is 11.3 Å². The summed E-state index contributed by atoms with van der Waals surface area (Å²) in [5, 5.41) is 2.44. The molecule has 6 heteroatoms. The second-order valence-electron chi connectivity index (χ2n) is 3.60. The number of rotatable bonds is 2. The van der Waals surface area contributed by atoms with Gasteiger partial charge in [-0.25, -0.2) is 18.7 Å². The van der Waals surface area contributed by atoms with Crippen LogP contribution in [0.25, 0.3) is 0 Å². The molecular formula is C12H9F2N3O. The minimum atomic E-state index is -1.02. The van der Waals surface area contributed by atoms with Crippen LogP contribution in [0.15, 0.2) is 30.7 Å². The smallest absolute Gasteiger partial charge is 0.259 e. The fourth-order valence-corrected chi connectivity index (χ4v) is 1.39. The lowest BCUT2D eigenvalue weighted by atomic mass is 10.2. The first-order valence-electron chi connectivity index (χ1n) is 5.11. The minimum Gasteiger partial charge on any atom is -0.322 e. The van der Waals surface area contributed by atoms with Crippen LogP contribution in [0.1, 0.15) is 16.1 Å². The highest BCUT2D eigenvalue weighted by Gasteiger charge is 2.11. The third-order valence-electron chi connectivity index (χ3n) is 2.33. The Morgan fingerprint density at radius 2 is 2.06 bits per heavy atom. The quantitative estimate of drug-likeness (QED) is 0.888. The number of amides is 1. The number of halogens is 2. The van der Waals surface area contributed by atoms with Crippen LogP contribution in [-0.4, -0.2) is 15.9 Å². The van der Waals surface area contributed by atoms with E-state index in [0.717, 1.165) is 12.1 Å². The Labute approximate surface area is 102 Å². The highest BCUT2D eigenvalue weighted by atomic mass is 19.2. The third-order valence-corrected chi connectivity index (χ3v) is 2.33. The third kappa shape index (κ3) is 2.48. The Balaban J connectivity index is 2.22. The maximum atomic E-state index is 13.0. The van der Waals surface area contributed by atoms with Gasteiger partial charge in [0, 0.05) is 18.0 Å². The molecule has 0 aliphatic rings. The minimum absolute atomic E-state index is 0.169. The molecule has 92 valence electrons. The molecule has 4 nitrogen and oxygen atoms in total. The number of hydrogen-bond acceptors (Lipinski definition) is 3. The lowest BCUT2D eigenvalue weighted by Crippen LogP contribution is -2.14. The van der Waals surface area contributed by atoms with E-state index in [2.05, 4.69) is 15.3 Å². The highest BCUT2D eigenvalue weighted by molar-refractivity contribution is 6.04. The number of anilines is 1. The second-order valence-corrected chi connectivity index (χ2v) is 3.60. The van der Waals surface area contributed by atoms with Gasteiger partial charge in [-0.05, 0) is 19.1 Å². The number of carbonyl (C=O) groups is 1. The molecule has 2 rings (SSSR count). The van der Waals surface area contributed by atoms with Crippen molar-refractivity contribution < 1.29 is 13.6 Å². The molecule has 0 saturated heterocycles. The Hall–Kier alpha value is -2.37. The summed E-state index contributed by atoms with van der Waals surface area (Å²) in [7, 11) is 0. The molecular weight excluding hydrogens is 240 g/mol. The predicted molar refractivity (Wildman–Crippen MR) is 61.1 cm³/mol. The van der Waals surface area contributed by atoms with Crippen molar-refractivity contribution in [3.8, 4) is 0 Å². The van der Waals surface area contributed by atoms with Crippen molar-refractivity contribution in [3.05, 3.63) is 53.6 Å². The summed E-state index contributed by atoms with van der Waals surface area (Å²) < 4.78 is 25.7. The van der Waals surface area contributed by atoms with Crippen LogP contribution in [0.4, 0.5) is 14.5 Å². The summed E-state index contributed by atoms with van der Waals surface area (Å²) >= 11 is 0. The fraction of sp³-hybridized carbons (Fsp3) is 0.0833.